The van der Waals surface area contributed by atoms with Gasteiger partial charge in [0.2, 0.25) is 0 Å². The summed E-state index contributed by atoms with van der Waals surface area (Å²) < 4.78 is 0. The Morgan fingerprint density at radius 3 is 2.45 bits per heavy atom. The number of rotatable bonds is 6. The number of carbonyl (C=O) groups is 2. The Hall–Kier alpha value is -2.17. The molecule has 0 saturated heterocycles. The third kappa shape index (κ3) is 6.13. The van der Waals surface area contributed by atoms with Crippen molar-refractivity contribution in [2.24, 2.45) is 11.0 Å². The third-order valence-corrected chi connectivity index (χ3v) is 2.52. The highest BCUT2D eigenvalue weighted by Crippen LogP contribution is 2.00. The number of carbonyl (C=O) groups excluding carboxylic acids is 2. The van der Waals surface area contributed by atoms with E-state index in [9.17, 15) is 9.59 Å². The van der Waals surface area contributed by atoms with Gasteiger partial charge in [0.15, 0.2) is 0 Å². The van der Waals surface area contributed by atoms with Crippen LogP contribution in [-0.4, -0.2) is 24.1 Å². The fourth-order valence-corrected chi connectivity index (χ4v) is 1.69. The first-order valence-electron chi connectivity index (χ1n) is 6.64. The molecule has 0 aliphatic heterocycles. The molecule has 20 heavy (non-hydrogen) atoms. The molecule has 0 unspecified atom stereocenters. The van der Waals surface area contributed by atoms with Gasteiger partial charge in [0.25, 0.3) is 11.8 Å². The number of hydrogen-bond acceptors (Lipinski definition) is 3. The maximum absolute atomic E-state index is 11.7. The average Bonchev–Trinajstić information content (AvgIpc) is 2.42. The summed E-state index contributed by atoms with van der Waals surface area (Å²) in [5, 5.41) is 6.52. The van der Waals surface area contributed by atoms with Crippen molar-refractivity contribution in [3.8, 4) is 0 Å². The van der Waals surface area contributed by atoms with E-state index < -0.39 is 0 Å². The molecular weight excluding hydrogens is 254 g/mol. The molecule has 0 aromatic heterocycles. The molecule has 1 aromatic rings. The first kappa shape index (κ1) is 15.9. The molecule has 5 heteroatoms. The molecule has 1 rings (SSSR count). The highest BCUT2D eigenvalue weighted by atomic mass is 16.2. The van der Waals surface area contributed by atoms with Gasteiger partial charge in [-0.25, -0.2) is 5.43 Å². The minimum atomic E-state index is -0.336. The molecule has 0 radical (unpaired) electrons. The van der Waals surface area contributed by atoms with Crippen LogP contribution in [0.15, 0.2) is 35.4 Å². The molecule has 108 valence electrons. The van der Waals surface area contributed by atoms with Crippen LogP contribution in [0.2, 0.25) is 0 Å². The molecule has 0 fully saturated rings. The molecule has 1 aromatic carbocycles. The summed E-state index contributed by atoms with van der Waals surface area (Å²) >= 11 is 0. The molecule has 2 amide bonds. The van der Waals surface area contributed by atoms with Crippen molar-refractivity contribution >= 4 is 17.5 Å². The van der Waals surface area contributed by atoms with Crippen LogP contribution in [0, 0.1) is 5.92 Å². The highest BCUT2D eigenvalue weighted by molar-refractivity contribution is 5.96. The molecule has 2 N–H and O–H groups in total. The van der Waals surface area contributed by atoms with Gasteiger partial charge < -0.3 is 5.32 Å². The SMILES string of the molecule is C/C(CC(C)C)=N/NC(=O)CNC(=O)c1ccccc1. The van der Waals surface area contributed by atoms with E-state index in [4.69, 9.17) is 0 Å². The molecular formula is C15H21N3O2. The molecule has 0 saturated carbocycles. The molecule has 0 bridgehead atoms. The number of nitrogens with zero attached hydrogens (tertiary/aromatic N) is 1. The van der Waals surface area contributed by atoms with E-state index in [0.717, 1.165) is 12.1 Å². The molecule has 0 spiro atoms. The molecule has 0 aliphatic carbocycles. The zero-order valence-corrected chi connectivity index (χ0v) is 12.1. The van der Waals surface area contributed by atoms with E-state index in [0.29, 0.717) is 11.5 Å². The van der Waals surface area contributed by atoms with E-state index in [2.05, 4.69) is 29.7 Å². The Labute approximate surface area is 119 Å². The number of hydrazone groups is 1. The van der Waals surface area contributed by atoms with Crippen LogP contribution in [0.4, 0.5) is 0 Å². The quantitative estimate of drug-likeness (QED) is 0.615. The fourth-order valence-electron chi connectivity index (χ4n) is 1.69. The molecule has 5 nitrogen and oxygen atoms in total. The van der Waals surface area contributed by atoms with Gasteiger partial charge >= 0.3 is 0 Å². The van der Waals surface area contributed by atoms with Crippen molar-refractivity contribution in [3.63, 3.8) is 0 Å². The van der Waals surface area contributed by atoms with Gasteiger partial charge in [-0.3, -0.25) is 9.59 Å². The average molecular weight is 275 g/mol. The van der Waals surface area contributed by atoms with Gasteiger partial charge in [-0.2, -0.15) is 5.10 Å². The first-order chi connectivity index (χ1) is 9.49. The number of benzene rings is 1. The first-order valence-corrected chi connectivity index (χ1v) is 6.64. The molecule has 0 heterocycles. The predicted octanol–water partition coefficient (Wildman–Crippen LogP) is 1.95. The fraction of sp³-hybridized carbons (Fsp3) is 0.400. The monoisotopic (exact) mass is 275 g/mol. The zero-order valence-electron chi connectivity index (χ0n) is 12.1. The van der Waals surface area contributed by atoms with Crippen LogP contribution in [0.3, 0.4) is 0 Å². The van der Waals surface area contributed by atoms with Gasteiger partial charge in [0, 0.05) is 11.3 Å². The number of hydrogen-bond donors (Lipinski definition) is 2. The van der Waals surface area contributed by atoms with Crippen LogP contribution in [0.25, 0.3) is 0 Å². The van der Waals surface area contributed by atoms with E-state index >= 15 is 0 Å². The minimum Gasteiger partial charge on any atom is -0.343 e. The number of amides is 2. The van der Waals surface area contributed by atoms with Gasteiger partial charge in [0.1, 0.15) is 0 Å². The zero-order chi connectivity index (χ0) is 15.0. The van der Waals surface area contributed by atoms with Crippen LogP contribution in [0.1, 0.15) is 37.6 Å². The van der Waals surface area contributed by atoms with Gasteiger partial charge in [0.05, 0.1) is 6.54 Å². The van der Waals surface area contributed by atoms with E-state index in [1.54, 1.807) is 24.3 Å². The minimum absolute atomic E-state index is 0.0911. The summed E-state index contributed by atoms with van der Waals surface area (Å²) in [5.74, 6) is -0.116. The Morgan fingerprint density at radius 2 is 1.85 bits per heavy atom. The van der Waals surface area contributed by atoms with Crippen molar-refractivity contribution in [3.05, 3.63) is 35.9 Å². The van der Waals surface area contributed by atoms with Crippen molar-refractivity contribution in [2.45, 2.75) is 27.2 Å². The van der Waals surface area contributed by atoms with E-state index in [-0.39, 0.29) is 18.4 Å². The van der Waals surface area contributed by atoms with E-state index in [1.165, 1.54) is 0 Å². The highest BCUT2D eigenvalue weighted by Gasteiger charge is 2.07. The van der Waals surface area contributed by atoms with Gasteiger partial charge in [-0.1, -0.05) is 32.0 Å². The van der Waals surface area contributed by atoms with Gasteiger partial charge in [-0.05, 0) is 31.4 Å². The Balaban J connectivity index is 2.35. The lowest BCUT2D eigenvalue weighted by Crippen LogP contribution is -2.35. The lowest BCUT2D eigenvalue weighted by Gasteiger charge is -2.06. The van der Waals surface area contributed by atoms with Crippen molar-refractivity contribution < 1.29 is 9.59 Å². The van der Waals surface area contributed by atoms with E-state index in [1.807, 2.05) is 13.0 Å². The molecule has 0 aliphatic rings. The second-order valence-corrected chi connectivity index (χ2v) is 5.03. The maximum Gasteiger partial charge on any atom is 0.259 e. The second kappa shape index (κ2) is 8.09. The standard InChI is InChI=1S/C15H21N3O2/c1-11(2)9-12(3)17-18-14(19)10-16-15(20)13-7-5-4-6-8-13/h4-8,11H,9-10H2,1-3H3,(H,16,20)(H,18,19)/b17-12-. The largest absolute Gasteiger partial charge is 0.343 e. The smallest absolute Gasteiger partial charge is 0.259 e. The van der Waals surface area contributed by atoms with Crippen molar-refractivity contribution in [1.82, 2.24) is 10.7 Å². The topological polar surface area (TPSA) is 70.6 Å². The summed E-state index contributed by atoms with van der Waals surface area (Å²) in [4.78, 5) is 23.2. The lowest BCUT2D eigenvalue weighted by atomic mass is 10.1. The summed E-state index contributed by atoms with van der Waals surface area (Å²) in [6.45, 7) is 5.94. The number of nitrogens with one attached hydrogen (secondary N) is 2. The third-order valence-electron chi connectivity index (χ3n) is 2.52. The van der Waals surface area contributed by atoms with Crippen LogP contribution in [-0.2, 0) is 4.79 Å². The Kier molecular flexibility index (Phi) is 6.43. The van der Waals surface area contributed by atoms with Crippen LogP contribution in [0.5, 0.6) is 0 Å². The molecule has 0 atom stereocenters. The summed E-state index contributed by atoms with van der Waals surface area (Å²) in [7, 11) is 0. The van der Waals surface area contributed by atoms with Crippen LogP contribution < -0.4 is 10.7 Å². The lowest BCUT2D eigenvalue weighted by molar-refractivity contribution is -0.120. The second-order valence-electron chi connectivity index (χ2n) is 5.03. The Morgan fingerprint density at radius 1 is 1.20 bits per heavy atom. The van der Waals surface area contributed by atoms with Gasteiger partial charge in [-0.15, -0.1) is 0 Å². The summed E-state index contributed by atoms with van der Waals surface area (Å²) in [6.07, 6.45) is 0.830. The van der Waals surface area contributed by atoms with Crippen molar-refractivity contribution in [1.29, 1.82) is 0 Å². The summed E-state index contributed by atoms with van der Waals surface area (Å²) in [6, 6.07) is 8.76. The Bertz CT molecular complexity index is 481. The predicted molar refractivity (Wildman–Crippen MR) is 79.5 cm³/mol. The summed E-state index contributed by atoms with van der Waals surface area (Å²) in [5.41, 5.74) is 3.82. The van der Waals surface area contributed by atoms with Crippen LogP contribution >= 0.6 is 0 Å². The maximum atomic E-state index is 11.7. The normalized spacial score (nSPS) is 11.3. The van der Waals surface area contributed by atoms with Crippen molar-refractivity contribution in [2.75, 3.05) is 6.54 Å².